The average Bonchev–Trinajstić information content (AvgIpc) is 3.34. The molecular formula is C22H24N2O3. The molecular weight excluding hydrogens is 340 g/mol. The van der Waals surface area contributed by atoms with Crippen molar-refractivity contribution in [1.82, 2.24) is 9.97 Å². The second-order valence-electron chi connectivity index (χ2n) is 8.25. The molecule has 0 bridgehead atoms. The largest absolute Gasteiger partial charge is 0.497 e. The van der Waals surface area contributed by atoms with E-state index in [2.05, 4.69) is 36.8 Å². The minimum atomic E-state index is -0.571. The first-order valence-corrected chi connectivity index (χ1v) is 9.18. The number of benzene rings is 1. The van der Waals surface area contributed by atoms with Gasteiger partial charge in [0.05, 0.1) is 18.7 Å². The number of H-pyrrole nitrogens is 1. The number of aromatic nitrogens is 2. The standard InChI is InChI=1S/C22H24N2O3/c1-21(2,3)18-11-14-10-17(13-23-19(14)24-18)27-20(25)22(8-9-22)15-6-5-7-16(12-15)26-4/h5-7,10-13H,8-9H2,1-4H3,(H,23,24). The highest BCUT2D eigenvalue weighted by Gasteiger charge is 2.53. The minimum Gasteiger partial charge on any atom is -0.497 e. The number of methoxy groups -OCH3 is 1. The molecule has 140 valence electrons. The zero-order chi connectivity index (χ0) is 19.2. The van der Waals surface area contributed by atoms with Crippen LogP contribution in [0.4, 0.5) is 0 Å². The Kier molecular flexibility index (Phi) is 3.98. The van der Waals surface area contributed by atoms with Gasteiger partial charge in [0, 0.05) is 16.5 Å². The van der Waals surface area contributed by atoms with Crippen LogP contribution in [0.25, 0.3) is 11.0 Å². The van der Waals surface area contributed by atoms with Gasteiger partial charge in [0.1, 0.15) is 17.1 Å². The second-order valence-corrected chi connectivity index (χ2v) is 8.25. The summed E-state index contributed by atoms with van der Waals surface area (Å²) in [6.45, 7) is 6.43. The van der Waals surface area contributed by atoms with Gasteiger partial charge in [-0.1, -0.05) is 32.9 Å². The predicted octanol–water partition coefficient (Wildman–Crippen LogP) is 4.51. The Bertz CT molecular complexity index is 1010. The molecule has 1 N–H and O–H groups in total. The highest BCUT2D eigenvalue weighted by Crippen LogP contribution is 2.50. The number of carbonyl (C=O) groups excluding carboxylic acids is 1. The molecule has 0 radical (unpaired) electrons. The van der Waals surface area contributed by atoms with E-state index in [0.29, 0.717) is 5.75 Å². The molecule has 5 heteroatoms. The van der Waals surface area contributed by atoms with Gasteiger partial charge < -0.3 is 14.5 Å². The maximum Gasteiger partial charge on any atom is 0.322 e. The fourth-order valence-corrected chi connectivity index (χ4v) is 3.32. The van der Waals surface area contributed by atoms with E-state index >= 15 is 0 Å². The quantitative estimate of drug-likeness (QED) is 0.692. The van der Waals surface area contributed by atoms with E-state index in [1.165, 1.54) is 0 Å². The smallest absolute Gasteiger partial charge is 0.322 e. The van der Waals surface area contributed by atoms with Crippen molar-refractivity contribution in [2.75, 3.05) is 7.11 Å². The van der Waals surface area contributed by atoms with Gasteiger partial charge >= 0.3 is 5.97 Å². The number of carbonyl (C=O) groups is 1. The predicted molar refractivity (Wildman–Crippen MR) is 104 cm³/mol. The Morgan fingerprint density at radius 3 is 2.59 bits per heavy atom. The third kappa shape index (κ3) is 3.18. The van der Waals surface area contributed by atoms with Crippen molar-refractivity contribution in [2.45, 2.75) is 44.4 Å². The van der Waals surface area contributed by atoms with Gasteiger partial charge in [-0.25, -0.2) is 4.98 Å². The zero-order valence-electron chi connectivity index (χ0n) is 16.1. The van der Waals surface area contributed by atoms with Crippen molar-refractivity contribution in [3.8, 4) is 11.5 Å². The van der Waals surface area contributed by atoms with Crippen molar-refractivity contribution in [3.05, 3.63) is 53.9 Å². The number of fused-ring (bicyclic) bond motifs is 1. The second kappa shape index (κ2) is 6.12. The molecule has 0 aliphatic heterocycles. The molecule has 1 aliphatic carbocycles. The average molecular weight is 364 g/mol. The summed E-state index contributed by atoms with van der Waals surface area (Å²) >= 11 is 0. The van der Waals surface area contributed by atoms with Gasteiger partial charge in [-0.15, -0.1) is 0 Å². The molecule has 1 aromatic carbocycles. The van der Waals surface area contributed by atoms with Gasteiger partial charge in [0.2, 0.25) is 0 Å². The van der Waals surface area contributed by atoms with Crippen LogP contribution in [0.15, 0.2) is 42.6 Å². The summed E-state index contributed by atoms with van der Waals surface area (Å²) in [6.07, 6.45) is 3.17. The summed E-state index contributed by atoms with van der Waals surface area (Å²) in [5, 5.41) is 0.941. The summed E-state index contributed by atoms with van der Waals surface area (Å²) in [7, 11) is 1.63. The maximum atomic E-state index is 12.9. The van der Waals surface area contributed by atoms with E-state index in [0.717, 1.165) is 40.9 Å². The Labute approximate surface area is 158 Å². The Balaban J connectivity index is 1.59. The van der Waals surface area contributed by atoms with E-state index in [1.807, 2.05) is 30.3 Å². The molecule has 0 saturated heterocycles. The SMILES string of the molecule is COc1cccc(C2(C(=O)Oc3cnc4[nH]c(C(C)(C)C)cc4c3)CC2)c1. The fraction of sp³-hybridized carbons (Fsp3) is 0.364. The van der Waals surface area contributed by atoms with Crippen LogP contribution >= 0.6 is 0 Å². The molecule has 0 spiro atoms. The fourth-order valence-electron chi connectivity index (χ4n) is 3.32. The molecule has 3 aromatic rings. The summed E-state index contributed by atoms with van der Waals surface area (Å²) in [4.78, 5) is 20.6. The molecule has 0 atom stereocenters. The maximum absolute atomic E-state index is 12.9. The monoisotopic (exact) mass is 364 g/mol. The summed E-state index contributed by atoms with van der Waals surface area (Å²) in [5.74, 6) is 0.987. The Morgan fingerprint density at radius 1 is 1.15 bits per heavy atom. The molecule has 5 nitrogen and oxygen atoms in total. The first-order valence-electron chi connectivity index (χ1n) is 9.18. The number of ether oxygens (including phenoxy) is 2. The van der Waals surface area contributed by atoms with E-state index < -0.39 is 5.41 Å². The lowest BCUT2D eigenvalue weighted by molar-refractivity contribution is -0.137. The van der Waals surface area contributed by atoms with Crippen LogP contribution in [0.1, 0.15) is 44.9 Å². The van der Waals surface area contributed by atoms with E-state index in [9.17, 15) is 4.79 Å². The summed E-state index contributed by atoms with van der Waals surface area (Å²) < 4.78 is 11.0. The van der Waals surface area contributed by atoms with Gasteiger partial charge in [0.25, 0.3) is 0 Å². The normalized spacial score (nSPS) is 15.6. The highest BCUT2D eigenvalue weighted by atomic mass is 16.5. The first kappa shape index (κ1) is 17.6. The van der Waals surface area contributed by atoms with Crippen LogP contribution in [0.5, 0.6) is 11.5 Å². The highest BCUT2D eigenvalue weighted by molar-refractivity contribution is 5.89. The van der Waals surface area contributed by atoms with Crippen LogP contribution in [-0.4, -0.2) is 23.0 Å². The molecule has 1 fully saturated rings. The number of rotatable bonds is 4. The minimum absolute atomic E-state index is 0.00196. The molecule has 27 heavy (non-hydrogen) atoms. The van der Waals surface area contributed by atoms with Crippen LogP contribution in [0.3, 0.4) is 0 Å². The van der Waals surface area contributed by atoms with E-state index in [4.69, 9.17) is 9.47 Å². The number of aromatic amines is 1. The topological polar surface area (TPSA) is 64.2 Å². The molecule has 0 unspecified atom stereocenters. The number of esters is 1. The lowest BCUT2D eigenvalue weighted by atomic mass is 9.92. The van der Waals surface area contributed by atoms with Crippen LogP contribution in [-0.2, 0) is 15.6 Å². The van der Waals surface area contributed by atoms with Crippen LogP contribution < -0.4 is 9.47 Å². The zero-order valence-corrected chi connectivity index (χ0v) is 16.1. The third-order valence-corrected chi connectivity index (χ3v) is 5.23. The molecule has 0 amide bonds. The third-order valence-electron chi connectivity index (χ3n) is 5.23. The molecule has 1 saturated carbocycles. The van der Waals surface area contributed by atoms with Gasteiger partial charge in [-0.05, 0) is 42.7 Å². The van der Waals surface area contributed by atoms with Crippen molar-refractivity contribution in [2.24, 2.45) is 0 Å². The van der Waals surface area contributed by atoms with Crippen LogP contribution in [0.2, 0.25) is 0 Å². The molecule has 1 aliphatic rings. The van der Waals surface area contributed by atoms with Gasteiger partial charge in [-0.2, -0.15) is 0 Å². The molecule has 2 aromatic heterocycles. The van der Waals surface area contributed by atoms with Crippen molar-refractivity contribution < 1.29 is 14.3 Å². The number of hydrogen-bond donors (Lipinski definition) is 1. The lowest BCUT2D eigenvalue weighted by Gasteiger charge is -2.15. The Hall–Kier alpha value is -2.82. The van der Waals surface area contributed by atoms with Crippen molar-refractivity contribution in [1.29, 1.82) is 0 Å². The first-order chi connectivity index (χ1) is 12.8. The number of nitrogens with zero attached hydrogens (tertiary/aromatic N) is 1. The van der Waals surface area contributed by atoms with Gasteiger partial charge in [0.15, 0.2) is 0 Å². The van der Waals surface area contributed by atoms with E-state index in [-0.39, 0.29) is 11.4 Å². The lowest BCUT2D eigenvalue weighted by Crippen LogP contribution is -2.25. The van der Waals surface area contributed by atoms with Crippen molar-refractivity contribution in [3.63, 3.8) is 0 Å². The summed E-state index contributed by atoms with van der Waals surface area (Å²) in [6, 6.07) is 11.6. The number of pyridine rings is 1. The number of hydrogen-bond acceptors (Lipinski definition) is 4. The van der Waals surface area contributed by atoms with Gasteiger partial charge in [-0.3, -0.25) is 4.79 Å². The number of nitrogens with one attached hydrogen (secondary N) is 1. The van der Waals surface area contributed by atoms with Crippen molar-refractivity contribution >= 4 is 17.0 Å². The summed E-state index contributed by atoms with van der Waals surface area (Å²) in [5.41, 5.74) is 2.27. The molecule has 4 rings (SSSR count). The van der Waals surface area contributed by atoms with Crippen LogP contribution in [0, 0.1) is 0 Å². The Morgan fingerprint density at radius 2 is 1.93 bits per heavy atom. The molecule has 2 heterocycles. The van der Waals surface area contributed by atoms with E-state index in [1.54, 1.807) is 13.3 Å².